The van der Waals surface area contributed by atoms with Crippen molar-refractivity contribution in [2.75, 3.05) is 0 Å². The van der Waals surface area contributed by atoms with Crippen molar-refractivity contribution >= 4 is 7.32 Å². The third-order valence-corrected chi connectivity index (χ3v) is 0.566. The summed E-state index contributed by atoms with van der Waals surface area (Å²) in [6, 6.07) is 5.72. The van der Waals surface area contributed by atoms with Crippen LogP contribution in [0.1, 0.15) is 1.43 Å². The molecular formula is C5H9BLiNO3. The molecule has 1 heterocycles. The normalized spacial score (nSPS) is 6.82. The summed E-state index contributed by atoms with van der Waals surface area (Å²) in [4.78, 5) is 3.78. The number of pyridine rings is 1. The summed E-state index contributed by atoms with van der Waals surface area (Å²) >= 11 is 0. The SMILES string of the molecule is OB(O)O.[H-].[Li+].c1ccncc1. The standard InChI is InChI=1S/C5H5N.BH3O3.Li.H/c1-2-4-6-5-3-1;2-1(3)4;;/h1-5H;2-4H;;/q;;+1;-1. The van der Waals surface area contributed by atoms with Gasteiger partial charge in [0.1, 0.15) is 0 Å². The minimum absolute atomic E-state index is 0. The molecule has 0 saturated heterocycles. The first-order valence-corrected chi connectivity index (χ1v) is 2.62. The molecule has 11 heavy (non-hydrogen) atoms. The zero-order valence-corrected chi connectivity index (χ0v) is 6.25. The van der Waals surface area contributed by atoms with E-state index in [2.05, 4.69) is 4.98 Å². The van der Waals surface area contributed by atoms with E-state index >= 15 is 0 Å². The van der Waals surface area contributed by atoms with Gasteiger partial charge >= 0.3 is 26.2 Å². The molecule has 4 nitrogen and oxygen atoms in total. The van der Waals surface area contributed by atoms with Crippen LogP contribution in [0.2, 0.25) is 0 Å². The van der Waals surface area contributed by atoms with E-state index in [-0.39, 0.29) is 20.3 Å². The van der Waals surface area contributed by atoms with Gasteiger partial charge in [0.15, 0.2) is 0 Å². The van der Waals surface area contributed by atoms with E-state index in [0.717, 1.165) is 0 Å². The number of rotatable bonds is 0. The van der Waals surface area contributed by atoms with Crippen molar-refractivity contribution in [1.29, 1.82) is 0 Å². The fourth-order valence-corrected chi connectivity index (χ4v) is 0.313. The second-order valence-electron chi connectivity index (χ2n) is 1.37. The summed E-state index contributed by atoms with van der Waals surface area (Å²) in [5.41, 5.74) is 0. The smallest absolute Gasteiger partial charge is 1.00 e. The predicted octanol–water partition coefficient (Wildman–Crippen LogP) is -3.85. The molecule has 0 unspecified atom stereocenters. The fourth-order valence-electron chi connectivity index (χ4n) is 0.313. The van der Waals surface area contributed by atoms with Gasteiger partial charge in [0.25, 0.3) is 0 Å². The Morgan fingerprint density at radius 1 is 1.00 bits per heavy atom. The molecular weight excluding hydrogens is 140 g/mol. The van der Waals surface area contributed by atoms with Crippen LogP contribution in [0, 0.1) is 0 Å². The van der Waals surface area contributed by atoms with Crippen molar-refractivity contribution < 1.29 is 35.4 Å². The molecule has 1 aromatic heterocycles. The van der Waals surface area contributed by atoms with Crippen molar-refractivity contribution in [3.8, 4) is 0 Å². The maximum absolute atomic E-state index is 7.17. The summed E-state index contributed by atoms with van der Waals surface area (Å²) in [5.74, 6) is 0. The summed E-state index contributed by atoms with van der Waals surface area (Å²) < 4.78 is 0. The van der Waals surface area contributed by atoms with Gasteiger partial charge < -0.3 is 16.5 Å². The average Bonchev–Trinajstić information content (AvgIpc) is 1.90. The van der Waals surface area contributed by atoms with Crippen LogP contribution < -0.4 is 18.9 Å². The van der Waals surface area contributed by atoms with Crippen LogP contribution in [0.25, 0.3) is 0 Å². The average molecular weight is 149 g/mol. The van der Waals surface area contributed by atoms with Gasteiger partial charge in [0.05, 0.1) is 0 Å². The Balaban J connectivity index is -0.000000124. The Bertz CT molecular complexity index is 127. The summed E-state index contributed by atoms with van der Waals surface area (Å²) in [7, 11) is -2.17. The second kappa shape index (κ2) is 9.69. The zero-order valence-electron chi connectivity index (χ0n) is 7.25. The third-order valence-electron chi connectivity index (χ3n) is 0.566. The van der Waals surface area contributed by atoms with Crippen LogP contribution in [-0.2, 0) is 0 Å². The van der Waals surface area contributed by atoms with E-state index in [9.17, 15) is 0 Å². The molecule has 0 aromatic carbocycles. The molecule has 0 spiro atoms. The van der Waals surface area contributed by atoms with Gasteiger partial charge in [-0.15, -0.1) is 0 Å². The Hall–Kier alpha value is -0.308. The molecule has 6 heteroatoms. The van der Waals surface area contributed by atoms with Gasteiger partial charge in [0, 0.05) is 12.4 Å². The van der Waals surface area contributed by atoms with Crippen molar-refractivity contribution in [3.63, 3.8) is 0 Å². The van der Waals surface area contributed by atoms with Gasteiger partial charge in [-0.3, -0.25) is 4.98 Å². The Kier molecular flexibility index (Phi) is 11.7. The first-order chi connectivity index (χ1) is 4.73. The fraction of sp³-hybridized carbons (Fsp3) is 0. The first-order valence-electron chi connectivity index (χ1n) is 2.62. The van der Waals surface area contributed by atoms with Gasteiger partial charge in [-0.2, -0.15) is 0 Å². The molecule has 0 radical (unpaired) electrons. The molecule has 0 bridgehead atoms. The Labute approximate surface area is 78.7 Å². The Morgan fingerprint density at radius 3 is 1.45 bits per heavy atom. The van der Waals surface area contributed by atoms with Gasteiger partial charge in [0.2, 0.25) is 0 Å². The molecule has 56 valence electrons. The maximum atomic E-state index is 7.17. The van der Waals surface area contributed by atoms with Crippen molar-refractivity contribution in [1.82, 2.24) is 4.98 Å². The molecule has 1 rings (SSSR count). The predicted molar refractivity (Wildman–Crippen MR) is 37.8 cm³/mol. The van der Waals surface area contributed by atoms with Crippen molar-refractivity contribution in [2.45, 2.75) is 0 Å². The molecule has 0 fully saturated rings. The molecule has 0 atom stereocenters. The van der Waals surface area contributed by atoms with Crippen molar-refractivity contribution in [3.05, 3.63) is 30.6 Å². The van der Waals surface area contributed by atoms with Crippen molar-refractivity contribution in [2.24, 2.45) is 0 Å². The monoisotopic (exact) mass is 149 g/mol. The molecule has 0 aliphatic rings. The van der Waals surface area contributed by atoms with E-state index < -0.39 is 7.32 Å². The quantitative estimate of drug-likeness (QED) is 0.330. The molecule has 0 saturated carbocycles. The zero-order chi connectivity index (χ0) is 7.82. The summed E-state index contributed by atoms with van der Waals surface area (Å²) in [5, 5.41) is 21.5. The largest absolute Gasteiger partial charge is 1.00 e. The molecule has 0 amide bonds. The number of hydrogen-bond donors (Lipinski definition) is 3. The third kappa shape index (κ3) is 17.7. The summed E-state index contributed by atoms with van der Waals surface area (Å²) in [6.07, 6.45) is 3.50. The van der Waals surface area contributed by atoms with Crippen LogP contribution in [0.3, 0.4) is 0 Å². The maximum Gasteiger partial charge on any atom is 1.00 e. The number of aromatic nitrogens is 1. The van der Waals surface area contributed by atoms with Gasteiger partial charge in [-0.1, -0.05) is 6.07 Å². The molecule has 0 aliphatic heterocycles. The van der Waals surface area contributed by atoms with Crippen LogP contribution in [0.5, 0.6) is 0 Å². The van der Waals surface area contributed by atoms with Gasteiger partial charge in [-0.05, 0) is 12.1 Å². The van der Waals surface area contributed by atoms with Crippen LogP contribution in [0.15, 0.2) is 30.6 Å². The van der Waals surface area contributed by atoms with E-state index in [0.29, 0.717) is 0 Å². The number of nitrogens with zero attached hydrogens (tertiary/aromatic N) is 1. The second-order valence-corrected chi connectivity index (χ2v) is 1.37. The van der Waals surface area contributed by atoms with E-state index in [1.807, 2.05) is 18.2 Å². The minimum Gasteiger partial charge on any atom is -1.00 e. The minimum atomic E-state index is -2.17. The first kappa shape index (κ1) is 13.3. The topological polar surface area (TPSA) is 73.6 Å². The molecule has 1 aromatic rings. The van der Waals surface area contributed by atoms with Crippen LogP contribution in [-0.4, -0.2) is 27.4 Å². The van der Waals surface area contributed by atoms with Crippen LogP contribution in [0.4, 0.5) is 0 Å². The van der Waals surface area contributed by atoms with E-state index in [1.165, 1.54) is 0 Å². The molecule has 0 aliphatic carbocycles. The van der Waals surface area contributed by atoms with Crippen LogP contribution >= 0.6 is 0 Å². The summed E-state index contributed by atoms with van der Waals surface area (Å²) in [6.45, 7) is 0. The van der Waals surface area contributed by atoms with Gasteiger partial charge in [-0.25, -0.2) is 0 Å². The Morgan fingerprint density at radius 2 is 1.36 bits per heavy atom. The van der Waals surface area contributed by atoms with E-state index in [1.54, 1.807) is 12.4 Å². The molecule has 3 N–H and O–H groups in total. The van der Waals surface area contributed by atoms with E-state index in [4.69, 9.17) is 15.1 Å². The number of hydrogen-bond acceptors (Lipinski definition) is 4.